The molecular formula is C13H16N2O2. The molecule has 0 bridgehead atoms. The number of carbonyl (C=O) groups excluding carboxylic acids is 2. The second kappa shape index (κ2) is 5.19. The van der Waals surface area contributed by atoms with E-state index in [4.69, 9.17) is 0 Å². The van der Waals surface area contributed by atoms with Crippen molar-refractivity contribution in [1.29, 1.82) is 0 Å². The van der Waals surface area contributed by atoms with Crippen molar-refractivity contribution in [2.45, 2.75) is 19.9 Å². The number of likely N-dealkylation sites (tertiary alicyclic amines) is 1. The van der Waals surface area contributed by atoms with Crippen LogP contribution in [0.4, 0.5) is 0 Å². The topological polar surface area (TPSA) is 50.3 Å². The number of hydrogen-bond acceptors (Lipinski definition) is 4. The standard InChI is InChI=1S/C13H16N2O2/c1-10(16)12-9-15(7-4-13(12)17)8-11-2-5-14-6-3-11/h2-3,5-6,12H,4,7-9H2,1H3. The fourth-order valence-corrected chi connectivity index (χ4v) is 2.14. The lowest BCUT2D eigenvalue weighted by Gasteiger charge is -2.30. The summed E-state index contributed by atoms with van der Waals surface area (Å²) in [6.45, 7) is 3.57. The minimum absolute atomic E-state index is 0.0190. The monoisotopic (exact) mass is 232 g/mol. The Labute approximate surface area is 101 Å². The van der Waals surface area contributed by atoms with Crippen LogP contribution >= 0.6 is 0 Å². The van der Waals surface area contributed by atoms with Crippen molar-refractivity contribution in [1.82, 2.24) is 9.88 Å². The van der Waals surface area contributed by atoms with Crippen molar-refractivity contribution < 1.29 is 9.59 Å². The summed E-state index contributed by atoms with van der Waals surface area (Å²) in [6.07, 6.45) is 4.00. The van der Waals surface area contributed by atoms with E-state index in [-0.39, 0.29) is 11.6 Å². The predicted molar refractivity (Wildman–Crippen MR) is 63.3 cm³/mol. The summed E-state index contributed by atoms with van der Waals surface area (Å²) in [4.78, 5) is 29.0. The van der Waals surface area contributed by atoms with Gasteiger partial charge in [0.2, 0.25) is 0 Å². The summed E-state index contributed by atoms with van der Waals surface area (Å²) in [5.41, 5.74) is 1.16. The summed E-state index contributed by atoms with van der Waals surface area (Å²) in [6, 6.07) is 3.92. The van der Waals surface area contributed by atoms with E-state index in [1.165, 1.54) is 6.92 Å². The average Bonchev–Trinajstić information content (AvgIpc) is 2.32. The van der Waals surface area contributed by atoms with Gasteiger partial charge in [-0.2, -0.15) is 0 Å². The summed E-state index contributed by atoms with van der Waals surface area (Å²) >= 11 is 0. The maximum absolute atomic E-state index is 11.6. The minimum Gasteiger partial charge on any atom is -0.299 e. The lowest BCUT2D eigenvalue weighted by molar-refractivity contribution is -0.135. The highest BCUT2D eigenvalue weighted by molar-refractivity contribution is 6.02. The lowest BCUT2D eigenvalue weighted by Crippen LogP contribution is -2.43. The first kappa shape index (κ1) is 11.9. The molecule has 1 aliphatic heterocycles. The second-order valence-electron chi connectivity index (χ2n) is 4.47. The number of ketones is 2. The van der Waals surface area contributed by atoms with Gasteiger partial charge in [-0.1, -0.05) is 0 Å². The van der Waals surface area contributed by atoms with Gasteiger partial charge in [0.25, 0.3) is 0 Å². The van der Waals surface area contributed by atoms with Gasteiger partial charge in [0.15, 0.2) is 0 Å². The number of carbonyl (C=O) groups is 2. The van der Waals surface area contributed by atoms with Crippen molar-refractivity contribution in [2.75, 3.05) is 13.1 Å². The lowest BCUT2D eigenvalue weighted by atomic mass is 9.93. The highest BCUT2D eigenvalue weighted by Gasteiger charge is 2.30. The average molecular weight is 232 g/mol. The Kier molecular flexibility index (Phi) is 3.64. The van der Waals surface area contributed by atoms with Crippen LogP contribution in [0.2, 0.25) is 0 Å². The first-order valence-electron chi connectivity index (χ1n) is 5.81. The van der Waals surface area contributed by atoms with Gasteiger partial charge in [0.1, 0.15) is 11.6 Å². The molecule has 0 aromatic carbocycles. The van der Waals surface area contributed by atoms with Gasteiger partial charge in [0, 0.05) is 38.4 Å². The molecule has 2 rings (SSSR count). The third-order valence-corrected chi connectivity index (χ3v) is 3.15. The number of hydrogen-bond donors (Lipinski definition) is 0. The van der Waals surface area contributed by atoms with E-state index < -0.39 is 5.92 Å². The third-order valence-electron chi connectivity index (χ3n) is 3.15. The van der Waals surface area contributed by atoms with Crippen molar-refractivity contribution >= 4 is 11.6 Å². The second-order valence-corrected chi connectivity index (χ2v) is 4.47. The first-order chi connectivity index (χ1) is 8.16. The molecule has 4 heteroatoms. The van der Waals surface area contributed by atoms with Gasteiger partial charge in [-0.3, -0.25) is 19.5 Å². The maximum Gasteiger partial charge on any atom is 0.145 e. The Morgan fingerprint density at radius 3 is 2.82 bits per heavy atom. The molecule has 1 saturated heterocycles. The molecule has 0 radical (unpaired) electrons. The normalized spacial score (nSPS) is 21.5. The molecular weight excluding hydrogens is 216 g/mol. The van der Waals surface area contributed by atoms with Crippen molar-refractivity contribution in [2.24, 2.45) is 5.92 Å². The molecule has 2 heterocycles. The van der Waals surface area contributed by atoms with Crippen LogP contribution in [-0.4, -0.2) is 34.5 Å². The van der Waals surface area contributed by atoms with E-state index in [1.807, 2.05) is 12.1 Å². The molecule has 0 N–H and O–H groups in total. The first-order valence-corrected chi connectivity index (χ1v) is 5.81. The number of rotatable bonds is 3. The summed E-state index contributed by atoms with van der Waals surface area (Å²) in [7, 11) is 0. The molecule has 1 aromatic heterocycles. The number of Topliss-reactive ketones (excluding diaryl/α,β-unsaturated/α-hetero) is 2. The summed E-state index contributed by atoms with van der Waals surface area (Å²) < 4.78 is 0. The zero-order valence-electron chi connectivity index (χ0n) is 9.93. The van der Waals surface area contributed by atoms with Gasteiger partial charge < -0.3 is 0 Å². The highest BCUT2D eigenvalue weighted by atomic mass is 16.1. The van der Waals surface area contributed by atoms with Crippen LogP contribution in [0.3, 0.4) is 0 Å². The fourth-order valence-electron chi connectivity index (χ4n) is 2.14. The van der Waals surface area contributed by atoms with E-state index in [1.54, 1.807) is 12.4 Å². The van der Waals surface area contributed by atoms with Gasteiger partial charge in [-0.25, -0.2) is 0 Å². The summed E-state index contributed by atoms with van der Waals surface area (Å²) in [5.74, 6) is -0.358. The molecule has 1 unspecified atom stereocenters. The van der Waals surface area contributed by atoms with Crippen LogP contribution in [0, 0.1) is 5.92 Å². The van der Waals surface area contributed by atoms with E-state index in [0.717, 1.165) is 18.7 Å². The number of nitrogens with zero attached hydrogens (tertiary/aromatic N) is 2. The van der Waals surface area contributed by atoms with Gasteiger partial charge in [0.05, 0.1) is 5.92 Å². The molecule has 0 aliphatic carbocycles. The number of pyridine rings is 1. The van der Waals surface area contributed by atoms with Crippen molar-refractivity contribution in [3.8, 4) is 0 Å². The molecule has 0 amide bonds. The smallest absolute Gasteiger partial charge is 0.145 e. The number of piperidine rings is 1. The van der Waals surface area contributed by atoms with E-state index in [2.05, 4.69) is 9.88 Å². The molecule has 17 heavy (non-hydrogen) atoms. The van der Waals surface area contributed by atoms with Gasteiger partial charge in [-0.15, -0.1) is 0 Å². The quantitative estimate of drug-likeness (QED) is 0.731. The SMILES string of the molecule is CC(=O)C1CN(Cc2ccncc2)CCC1=O. The van der Waals surface area contributed by atoms with Crippen LogP contribution in [0.5, 0.6) is 0 Å². The van der Waals surface area contributed by atoms with Crippen LogP contribution < -0.4 is 0 Å². The van der Waals surface area contributed by atoms with Crippen molar-refractivity contribution in [3.63, 3.8) is 0 Å². The Bertz CT molecular complexity index is 417. The molecule has 4 nitrogen and oxygen atoms in total. The van der Waals surface area contributed by atoms with E-state index in [0.29, 0.717) is 13.0 Å². The zero-order valence-corrected chi connectivity index (χ0v) is 9.93. The Morgan fingerprint density at radius 1 is 1.47 bits per heavy atom. The minimum atomic E-state index is -0.425. The molecule has 1 fully saturated rings. The van der Waals surface area contributed by atoms with Crippen LogP contribution in [0.1, 0.15) is 18.9 Å². The molecule has 0 saturated carbocycles. The number of aromatic nitrogens is 1. The van der Waals surface area contributed by atoms with Gasteiger partial charge >= 0.3 is 0 Å². The van der Waals surface area contributed by atoms with E-state index in [9.17, 15) is 9.59 Å². The fraction of sp³-hybridized carbons (Fsp3) is 0.462. The molecule has 1 aromatic rings. The van der Waals surface area contributed by atoms with Crippen LogP contribution in [0.25, 0.3) is 0 Å². The summed E-state index contributed by atoms with van der Waals surface area (Å²) in [5, 5.41) is 0. The third kappa shape index (κ3) is 2.97. The largest absolute Gasteiger partial charge is 0.299 e. The van der Waals surface area contributed by atoms with Gasteiger partial charge in [-0.05, 0) is 24.6 Å². The predicted octanol–water partition coefficient (Wildman–Crippen LogP) is 1.06. The van der Waals surface area contributed by atoms with Crippen molar-refractivity contribution in [3.05, 3.63) is 30.1 Å². The van der Waals surface area contributed by atoms with Crippen LogP contribution in [0.15, 0.2) is 24.5 Å². The van der Waals surface area contributed by atoms with E-state index >= 15 is 0 Å². The molecule has 1 aliphatic rings. The molecule has 0 spiro atoms. The Hall–Kier alpha value is -1.55. The molecule has 90 valence electrons. The Morgan fingerprint density at radius 2 is 2.18 bits per heavy atom. The zero-order chi connectivity index (χ0) is 12.3. The van der Waals surface area contributed by atoms with Crippen LogP contribution in [-0.2, 0) is 16.1 Å². The molecule has 1 atom stereocenters. The highest BCUT2D eigenvalue weighted by Crippen LogP contribution is 2.16. The maximum atomic E-state index is 11.6. The Balaban J connectivity index is 1.99.